The fraction of sp³-hybridized carbons (Fsp3) is 0.857. The largest absolute Gasteiger partial charge is 0.459 e. The van der Waals surface area contributed by atoms with Crippen LogP contribution in [0.2, 0.25) is 0 Å². The summed E-state index contributed by atoms with van der Waals surface area (Å²) in [6.07, 6.45) is 0. The molecule has 0 aromatic rings. The van der Waals surface area contributed by atoms with Gasteiger partial charge in [-0.25, -0.2) is 0 Å². The predicted molar refractivity (Wildman–Crippen MR) is 59.7 cm³/mol. The molecule has 1 atom stereocenters. The number of carbonyl (C=O) groups is 1. The van der Waals surface area contributed by atoms with E-state index in [1.54, 1.807) is 20.8 Å². The van der Waals surface area contributed by atoms with E-state index in [4.69, 9.17) is 21.2 Å². The van der Waals surface area contributed by atoms with Gasteiger partial charge in [-0.15, -0.1) is 0 Å². The number of hydrogen-bond acceptors (Lipinski definition) is 5. The highest BCUT2D eigenvalue weighted by molar-refractivity contribution is 8.85. The highest BCUT2D eigenvalue weighted by Crippen LogP contribution is 2.25. The zero-order chi connectivity index (χ0) is 10.5. The van der Waals surface area contributed by atoms with Crippen LogP contribution in [-0.2, 0) is 9.53 Å². The third-order valence-electron chi connectivity index (χ3n) is 1.00. The Hall–Kier alpha value is 0.420. The van der Waals surface area contributed by atoms with Gasteiger partial charge in [-0.2, -0.15) is 0 Å². The highest BCUT2D eigenvalue weighted by Gasteiger charge is 2.21. The van der Waals surface area contributed by atoms with Crippen LogP contribution in [0, 0.1) is 0 Å². The SMILES string of the molecule is CC(C)(C)OC(=O)[C@@H](N)CSSCl. The first kappa shape index (κ1) is 13.4. The van der Waals surface area contributed by atoms with Gasteiger partial charge < -0.3 is 10.5 Å². The summed E-state index contributed by atoms with van der Waals surface area (Å²) in [4.78, 5) is 11.3. The molecule has 0 rings (SSSR count). The Balaban J connectivity index is 3.83. The molecule has 0 bridgehead atoms. The van der Waals surface area contributed by atoms with E-state index in [-0.39, 0.29) is 5.97 Å². The molecular formula is C7H14ClNO2S2. The standard InChI is InChI=1S/C7H14ClNO2S2/c1-7(2,3)11-6(10)5(9)4-12-13-8/h5H,4,9H2,1-3H3/t5-/m0/s1. The van der Waals surface area contributed by atoms with Crippen molar-refractivity contribution in [3.8, 4) is 0 Å². The molecule has 0 amide bonds. The number of esters is 1. The second-order valence-corrected chi connectivity index (χ2v) is 6.40. The Morgan fingerprint density at radius 2 is 2.15 bits per heavy atom. The predicted octanol–water partition coefficient (Wildman–Crippen LogP) is 2.19. The first-order valence-electron chi connectivity index (χ1n) is 3.75. The summed E-state index contributed by atoms with van der Waals surface area (Å²) in [5.74, 6) is 0.0778. The molecule has 6 heteroatoms. The number of carbonyl (C=O) groups excluding carboxylic acids is 1. The molecular weight excluding hydrogens is 230 g/mol. The van der Waals surface area contributed by atoms with E-state index < -0.39 is 11.6 Å². The fourth-order valence-corrected chi connectivity index (χ4v) is 1.94. The van der Waals surface area contributed by atoms with E-state index in [1.807, 2.05) is 0 Å². The van der Waals surface area contributed by atoms with Crippen LogP contribution in [0.5, 0.6) is 0 Å². The van der Waals surface area contributed by atoms with Crippen LogP contribution in [0.3, 0.4) is 0 Å². The minimum atomic E-state index is -0.601. The van der Waals surface area contributed by atoms with E-state index in [1.165, 1.54) is 10.8 Å². The minimum Gasteiger partial charge on any atom is -0.459 e. The third kappa shape index (κ3) is 7.49. The molecule has 0 unspecified atom stereocenters. The second kappa shape index (κ2) is 6.01. The van der Waals surface area contributed by atoms with Crippen molar-refractivity contribution in [3.05, 3.63) is 0 Å². The molecule has 0 saturated heterocycles. The molecule has 0 aliphatic carbocycles. The van der Waals surface area contributed by atoms with Gasteiger partial charge in [-0.05, 0) is 31.5 Å². The van der Waals surface area contributed by atoms with Crippen LogP contribution in [0.4, 0.5) is 0 Å². The van der Waals surface area contributed by atoms with Gasteiger partial charge in [0.25, 0.3) is 0 Å². The summed E-state index contributed by atoms with van der Waals surface area (Å²) >= 11 is 0. The summed E-state index contributed by atoms with van der Waals surface area (Å²) < 4.78 is 5.07. The lowest BCUT2D eigenvalue weighted by Gasteiger charge is -2.21. The first-order chi connectivity index (χ1) is 5.87. The number of ether oxygens (including phenoxy) is 1. The topological polar surface area (TPSA) is 52.3 Å². The van der Waals surface area contributed by atoms with Crippen LogP contribution < -0.4 is 5.73 Å². The smallest absolute Gasteiger partial charge is 0.324 e. The summed E-state index contributed by atoms with van der Waals surface area (Å²) in [5, 5.41) is 0. The third-order valence-corrected chi connectivity index (χ3v) is 3.06. The monoisotopic (exact) mass is 243 g/mol. The van der Waals surface area contributed by atoms with Gasteiger partial charge in [0.2, 0.25) is 0 Å². The molecule has 2 N–H and O–H groups in total. The molecule has 3 nitrogen and oxygen atoms in total. The zero-order valence-corrected chi connectivity index (χ0v) is 10.3. The lowest BCUT2D eigenvalue weighted by atomic mass is 10.2. The van der Waals surface area contributed by atoms with Crippen LogP contribution in [0.15, 0.2) is 0 Å². The molecule has 0 aliphatic heterocycles. The summed E-state index contributed by atoms with van der Waals surface area (Å²) in [6.45, 7) is 5.42. The lowest BCUT2D eigenvalue weighted by Crippen LogP contribution is -2.38. The quantitative estimate of drug-likeness (QED) is 0.606. The molecule has 0 heterocycles. The van der Waals surface area contributed by atoms with Gasteiger partial charge in [-0.1, -0.05) is 10.8 Å². The van der Waals surface area contributed by atoms with Crippen molar-refractivity contribution in [3.63, 3.8) is 0 Å². The normalized spacial score (nSPS) is 13.9. The molecule has 0 radical (unpaired) electrons. The minimum absolute atomic E-state index is 0.384. The van der Waals surface area contributed by atoms with Crippen LogP contribution >= 0.6 is 31.5 Å². The Kier molecular flexibility index (Phi) is 6.20. The van der Waals surface area contributed by atoms with Gasteiger partial charge in [0.15, 0.2) is 0 Å². The Labute approximate surface area is 91.0 Å². The average molecular weight is 244 g/mol. The number of hydrogen-bond donors (Lipinski definition) is 1. The molecule has 0 aliphatic rings. The summed E-state index contributed by atoms with van der Waals surface area (Å²) in [6, 6.07) is -0.601. The van der Waals surface area contributed by atoms with E-state index in [0.717, 1.165) is 10.0 Å². The van der Waals surface area contributed by atoms with E-state index in [0.29, 0.717) is 5.75 Å². The maximum absolute atomic E-state index is 11.3. The van der Waals surface area contributed by atoms with Crippen molar-refractivity contribution < 1.29 is 9.53 Å². The van der Waals surface area contributed by atoms with Gasteiger partial charge in [0.1, 0.15) is 11.6 Å². The Morgan fingerprint density at radius 3 is 2.54 bits per heavy atom. The highest BCUT2D eigenvalue weighted by atomic mass is 35.7. The second-order valence-electron chi connectivity index (χ2n) is 3.49. The first-order valence-corrected chi connectivity index (χ1v) is 6.90. The fourth-order valence-electron chi connectivity index (χ4n) is 0.545. The van der Waals surface area contributed by atoms with Crippen molar-refractivity contribution in [2.45, 2.75) is 32.4 Å². The van der Waals surface area contributed by atoms with E-state index in [9.17, 15) is 4.79 Å². The van der Waals surface area contributed by atoms with Crippen LogP contribution in [0.25, 0.3) is 0 Å². The van der Waals surface area contributed by atoms with Crippen molar-refractivity contribution >= 4 is 37.5 Å². The Bertz CT molecular complexity index is 172. The van der Waals surface area contributed by atoms with Gasteiger partial charge in [0.05, 0.1) is 0 Å². The number of halogens is 1. The van der Waals surface area contributed by atoms with E-state index >= 15 is 0 Å². The molecule has 13 heavy (non-hydrogen) atoms. The number of nitrogens with two attached hydrogens (primary N) is 1. The number of rotatable bonds is 4. The van der Waals surface area contributed by atoms with Crippen molar-refractivity contribution in [1.29, 1.82) is 0 Å². The van der Waals surface area contributed by atoms with Crippen LogP contribution in [0.1, 0.15) is 20.8 Å². The summed E-state index contributed by atoms with van der Waals surface area (Å²) in [7, 11) is 7.75. The molecule has 78 valence electrons. The Morgan fingerprint density at radius 1 is 1.62 bits per heavy atom. The maximum Gasteiger partial charge on any atom is 0.324 e. The van der Waals surface area contributed by atoms with Gasteiger partial charge >= 0.3 is 5.97 Å². The molecule has 0 aromatic heterocycles. The maximum atomic E-state index is 11.3. The molecule has 0 saturated carbocycles. The summed E-state index contributed by atoms with van der Waals surface area (Å²) in [5.41, 5.74) is 5.06. The molecule has 0 spiro atoms. The van der Waals surface area contributed by atoms with Gasteiger partial charge in [0, 0.05) is 15.8 Å². The van der Waals surface area contributed by atoms with Crippen LogP contribution in [-0.4, -0.2) is 23.4 Å². The van der Waals surface area contributed by atoms with E-state index in [2.05, 4.69) is 0 Å². The zero-order valence-electron chi connectivity index (χ0n) is 7.87. The van der Waals surface area contributed by atoms with Crippen molar-refractivity contribution in [2.24, 2.45) is 5.73 Å². The van der Waals surface area contributed by atoms with Crippen molar-refractivity contribution in [1.82, 2.24) is 0 Å². The molecule has 0 fully saturated rings. The molecule has 0 aromatic carbocycles. The average Bonchev–Trinajstić information content (AvgIpc) is 1.96. The van der Waals surface area contributed by atoms with Crippen molar-refractivity contribution in [2.75, 3.05) is 5.75 Å². The lowest BCUT2D eigenvalue weighted by molar-refractivity contribution is -0.155. The van der Waals surface area contributed by atoms with Gasteiger partial charge in [-0.3, -0.25) is 4.79 Å².